The highest BCUT2D eigenvalue weighted by Gasteiger charge is 2.16. The third-order valence-electron chi connectivity index (χ3n) is 3.30. The van der Waals surface area contributed by atoms with Gasteiger partial charge in [0.15, 0.2) is 0 Å². The highest BCUT2D eigenvalue weighted by molar-refractivity contribution is 9.10. The van der Waals surface area contributed by atoms with Crippen LogP contribution in [0.5, 0.6) is 0 Å². The minimum Gasteiger partial charge on any atom is -0.465 e. The van der Waals surface area contributed by atoms with Gasteiger partial charge in [0.05, 0.1) is 35.6 Å². The molecule has 0 bridgehead atoms. The normalized spacial score (nSPS) is 10.4. The van der Waals surface area contributed by atoms with Gasteiger partial charge in [-0.05, 0) is 40.2 Å². The highest BCUT2D eigenvalue weighted by atomic mass is 79.9. The van der Waals surface area contributed by atoms with Crippen molar-refractivity contribution in [2.75, 3.05) is 14.2 Å². The first kappa shape index (κ1) is 16.2. The Morgan fingerprint density at radius 3 is 2.36 bits per heavy atom. The Labute approximate surface area is 136 Å². The molecule has 7 heteroatoms. The molecule has 0 atom stereocenters. The summed E-state index contributed by atoms with van der Waals surface area (Å²) < 4.78 is 7.20. The molecule has 0 aliphatic heterocycles. The van der Waals surface area contributed by atoms with Crippen LogP contribution in [0.4, 0.5) is 0 Å². The minimum atomic E-state index is -0.425. The summed E-state index contributed by atoms with van der Waals surface area (Å²) in [5, 5.41) is 4.12. The molecule has 0 aliphatic rings. The van der Waals surface area contributed by atoms with Crippen molar-refractivity contribution in [2.45, 2.75) is 6.54 Å². The van der Waals surface area contributed by atoms with Crippen LogP contribution in [0.2, 0.25) is 0 Å². The molecule has 1 aromatic carbocycles. The molecule has 6 nitrogen and oxygen atoms in total. The lowest BCUT2D eigenvalue weighted by molar-refractivity contribution is 0.0600. The molecule has 1 heterocycles. The summed E-state index contributed by atoms with van der Waals surface area (Å²) in [6.07, 6.45) is 1.69. The standard InChI is InChI=1S/C15H16BrN3O3/c1-18(9-13-12(16)8-17-19(13)2)14(20)10-4-6-11(7-5-10)15(21)22-3/h4-8H,9H2,1-3H3. The molecule has 2 aromatic rings. The van der Waals surface area contributed by atoms with Crippen molar-refractivity contribution in [1.82, 2.24) is 14.7 Å². The maximum atomic E-state index is 12.4. The largest absolute Gasteiger partial charge is 0.465 e. The maximum Gasteiger partial charge on any atom is 0.337 e. The average molecular weight is 366 g/mol. The topological polar surface area (TPSA) is 64.4 Å². The van der Waals surface area contributed by atoms with Gasteiger partial charge < -0.3 is 9.64 Å². The van der Waals surface area contributed by atoms with Gasteiger partial charge in [-0.3, -0.25) is 9.48 Å². The van der Waals surface area contributed by atoms with Gasteiger partial charge in [-0.25, -0.2) is 4.79 Å². The fraction of sp³-hybridized carbons (Fsp3) is 0.267. The molecule has 1 aromatic heterocycles. The number of carbonyl (C=O) groups is 2. The van der Waals surface area contributed by atoms with E-state index in [0.717, 1.165) is 10.2 Å². The van der Waals surface area contributed by atoms with Crippen molar-refractivity contribution in [3.63, 3.8) is 0 Å². The number of carbonyl (C=O) groups excluding carboxylic acids is 2. The van der Waals surface area contributed by atoms with E-state index in [-0.39, 0.29) is 5.91 Å². The van der Waals surface area contributed by atoms with E-state index in [2.05, 4.69) is 25.8 Å². The predicted octanol–water partition coefficient (Wildman–Crippen LogP) is 2.24. The molecular formula is C15H16BrN3O3. The number of benzene rings is 1. The molecule has 2 rings (SSSR count). The van der Waals surface area contributed by atoms with Crippen molar-refractivity contribution < 1.29 is 14.3 Å². The molecule has 0 unspecified atom stereocenters. The van der Waals surface area contributed by atoms with Crippen molar-refractivity contribution in [1.29, 1.82) is 0 Å². The summed E-state index contributed by atoms with van der Waals surface area (Å²) in [6.45, 7) is 0.425. The van der Waals surface area contributed by atoms with Crippen LogP contribution in [0, 0.1) is 0 Å². The first-order valence-corrected chi connectivity index (χ1v) is 7.33. The molecular weight excluding hydrogens is 350 g/mol. The Kier molecular flexibility index (Phi) is 4.97. The van der Waals surface area contributed by atoms with Crippen LogP contribution in [-0.2, 0) is 18.3 Å². The van der Waals surface area contributed by atoms with E-state index in [1.807, 2.05) is 7.05 Å². The minimum absolute atomic E-state index is 0.135. The Balaban J connectivity index is 2.12. The number of rotatable bonds is 4. The summed E-state index contributed by atoms with van der Waals surface area (Å²) in [5.74, 6) is -0.560. The van der Waals surface area contributed by atoms with Crippen LogP contribution in [0.3, 0.4) is 0 Å². The summed E-state index contributed by atoms with van der Waals surface area (Å²) >= 11 is 3.41. The molecule has 0 radical (unpaired) electrons. The number of hydrogen-bond acceptors (Lipinski definition) is 4. The van der Waals surface area contributed by atoms with Gasteiger partial charge in [0.2, 0.25) is 0 Å². The summed E-state index contributed by atoms with van der Waals surface area (Å²) in [4.78, 5) is 25.4. The Morgan fingerprint density at radius 1 is 1.27 bits per heavy atom. The second-order valence-corrected chi connectivity index (χ2v) is 5.65. The number of amides is 1. The molecule has 22 heavy (non-hydrogen) atoms. The number of esters is 1. The molecule has 0 N–H and O–H groups in total. The Morgan fingerprint density at radius 2 is 1.86 bits per heavy atom. The molecule has 0 saturated heterocycles. The third kappa shape index (κ3) is 3.36. The molecule has 0 aliphatic carbocycles. The molecule has 116 valence electrons. The zero-order chi connectivity index (χ0) is 16.3. The second kappa shape index (κ2) is 6.74. The van der Waals surface area contributed by atoms with E-state index in [9.17, 15) is 9.59 Å². The summed E-state index contributed by atoms with van der Waals surface area (Å²) in [7, 11) is 4.86. The van der Waals surface area contributed by atoms with Gasteiger partial charge >= 0.3 is 5.97 Å². The number of hydrogen-bond donors (Lipinski definition) is 0. The number of aryl methyl sites for hydroxylation is 1. The number of aromatic nitrogens is 2. The second-order valence-electron chi connectivity index (χ2n) is 4.79. The zero-order valence-electron chi connectivity index (χ0n) is 12.5. The van der Waals surface area contributed by atoms with Crippen LogP contribution < -0.4 is 0 Å². The zero-order valence-corrected chi connectivity index (χ0v) is 14.1. The van der Waals surface area contributed by atoms with Crippen LogP contribution in [0.15, 0.2) is 34.9 Å². The Bertz CT molecular complexity index is 675. The van der Waals surface area contributed by atoms with Gasteiger partial charge in [0.1, 0.15) is 0 Å². The van der Waals surface area contributed by atoms with Crippen molar-refractivity contribution >= 4 is 27.8 Å². The van der Waals surface area contributed by atoms with E-state index in [4.69, 9.17) is 0 Å². The lowest BCUT2D eigenvalue weighted by Crippen LogP contribution is -2.27. The lowest BCUT2D eigenvalue weighted by Gasteiger charge is -2.17. The van der Waals surface area contributed by atoms with E-state index >= 15 is 0 Å². The van der Waals surface area contributed by atoms with Gasteiger partial charge in [0.25, 0.3) is 5.91 Å². The van der Waals surface area contributed by atoms with E-state index < -0.39 is 5.97 Å². The lowest BCUT2D eigenvalue weighted by atomic mass is 10.1. The van der Waals surface area contributed by atoms with Gasteiger partial charge in [-0.15, -0.1) is 0 Å². The monoisotopic (exact) mass is 365 g/mol. The number of halogens is 1. The van der Waals surface area contributed by atoms with Crippen LogP contribution in [0.25, 0.3) is 0 Å². The smallest absolute Gasteiger partial charge is 0.337 e. The van der Waals surface area contributed by atoms with E-state index in [1.54, 1.807) is 47.1 Å². The molecule has 0 fully saturated rings. The molecule has 0 spiro atoms. The molecule has 0 saturated carbocycles. The number of ether oxygens (including phenoxy) is 1. The van der Waals surface area contributed by atoms with E-state index in [0.29, 0.717) is 17.7 Å². The highest BCUT2D eigenvalue weighted by Crippen LogP contribution is 2.17. The van der Waals surface area contributed by atoms with Crippen molar-refractivity contribution in [3.05, 3.63) is 51.8 Å². The molecule has 1 amide bonds. The number of methoxy groups -OCH3 is 1. The Hall–Kier alpha value is -2.15. The SMILES string of the molecule is COC(=O)c1ccc(C(=O)N(C)Cc2c(Br)cnn2C)cc1. The average Bonchev–Trinajstić information content (AvgIpc) is 2.85. The number of nitrogens with zero attached hydrogens (tertiary/aromatic N) is 3. The van der Waals surface area contributed by atoms with Crippen molar-refractivity contribution in [2.24, 2.45) is 7.05 Å². The van der Waals surface area contributed by atoms with Gasteiger partial charge in [-0.1, -0.05) is 0 Å². The first-order chi connectivity index (χ1) is 10.4. The van der Waals surface area contributed by atoms with Crippen LogP contribution >= 0.6 is 15.9 Å². The van der Waals surface area contributed by atoms with Crippen molar-refractivity contribution in [3.8, 4) is 0 Å². The third-order valence-corrected chi connectivity index (χ3v) is 3.96. The first-order valence-electron chi connectivity index (χ1n) is 6.54. The fourth-order valence-corrected chi connectivity index (χ4v) is 2.47. The van der Waals surface area contributed by atoms with Crippen LogP contribution in [0.1, 0.15) is 26.4 Å². The predicted molar refractivity (Wildman–Crippen MR) is 84.5 cm³/mol. The summed E-state index contributed by atoms with van der Waals surface area (Å²) in [5.41, 5.74) is 1.83. The van der Waals surface area contributed by atoms with E-state index in [1.165, 1.54) is 7.11 Å². The van der Waals surface area contributed by atoms with Gasteiger partial charge in [-0.2, -0.15) is 5.10 Å². The maximum absolute atomic E-state index is 12.4. The quantitative estimate of drug-likeness (QED) is 0.779. The van der Waals surface area contributed by atoms with Crippen LogP contribution in [-0.4, -0.2) is 40.7 Å². The van der Waals surface area contributed by atoms with Gasteiger partial charge in [0, 0.05) is 19.7 Å². The fourth-order valence-electron chi connectivity index (χ4n) is 2.00. The summed E-state index contributed by atoms with van der Waals surface area (Å²) in [6, 6.07) is 6.38.